The number of aliphatic hydroxyl groups excluding tert-OH is 1. The highest BCUT2D eigenvalue weighted by Crippen LogP contribution is 2.38. The zero-order valence-electron chi connectivity index (χ0n) is 16.3. The van der Waals surface area contributed by atoms with Crippen molar-refractivity contribution in [1.29, 1.82) is 0 Å². The molecular weight excluding hydrogens is 385 g/mol. The summed E-state index contributed by atoms with van der Waals surface area (Å²) in [6.07, 6.45) is 3.39. The van der Waals surface area contributed by atoms with Gasteiger partial charge in [0.1, 0.15) is 17.3 Å². The van der Waals surface area contributed by atoms with Gasteiger partial charge in [0.2, 0.25) is 0 Å². The molecule has 8 heteroatoms. The van der Waals surface area contributed by atoms with Gasteiger partial charge in [0.05, 0.1) is 42.8 Å². The van der Waals surface area contributed by atoms with Crippen molar-refractivity contribution < 1.29 is 19.0 Å². The van der Waals surface area contributed by atoms with Crippen LogP contribution in [0.2, 0.25) is 5.02 Å². The number of rotatable bonds is 6. The number of methoxy groups -OCH3 is 2. The van der Waals surface area contributed by atoms with Crippen molar-refractivity contribution in [2.24, 2.45) is 5.41 Å². The van der Waals surface area contributed by atoms with Gasteiger partial charge < -0.3 is 19.5 Å². The Hall–Kier alpha value is -1.96. The fourth-order valence-corrected chi connectivity index (χ4v) is 3.92. The zero-order chi connectivity index (χ0) is 20.3. The fraction of sp³-hybridized carbons (Fsp3) is 0.500. The fourth-order valence-electron chi connectivity index (χ4n) is 3.59. The van der Waals surface area contributed by atoms with Crippen LogP contribution in [0.5, 0.6) is 5.75 Å². The lowest BCUT2D eigenvalue weighted by Crippen LogP contribution is -2.41. The van der Waals surface area contributed by atoms with Crippen molar-refractivity contribution >= 4 is 17.4 Å². The van der Waals surface area contributed by atoms with Crippen molar-refractivity contribution in [1.82, 2.24) is 9.97 Å². The number of ether oxygens (including phenoxy) is 2. The first-order chi connectivity index (χ1) is 13.4. The van der Waals surface area contributed by atoms with E-state index in [0.29, 0.717) is 23.9 Å². The largest absolute Gasteiger partial charge is 0.495 e. The SMILES string of the molecule is COCC1(C)CCN(c2ncc(-c3c(F)ccc(OC)c3Cl)nc2CO)CC1. The molecular formula is C20H25ClFN3O3. The molecule has 0 saturated carbocycles. The van der Waals surface area contributed by atoms with Crippen molar-refractivity contribution in [3.8, 4) is 17.0 Å². The van der Waals surface area contributed by atoms with Gasteiger partial charge in [-0.2, -0.15) is 0 Å². The van der Waals surface area contributed by atoms with Gasteiger partial charge in [0.25, 0.3) is 0 Å². The predicted molar refractivity (Wildman–Crippen MR) is 106 cm³/mol. The summed E-state index contributed by atoms with van der Waals surface area (Å²) in [5.41, 5.74) is 0.901. The van der Waals surface area contributed by atoms with Gasteiger partial charge >= 0.3 is 0 Å². The molecule has 0 bridgehead atoms. The smallest absolute Gasteiger partial charge is 0.152 e. The molecule has 0 atom stereocenters. The Morgan fingerprint density at radius 1 is 1.29 bits per heavy atom. The molecule has 2 aromatic rings. The van der Waals surface area contributed by atoms with Gasteiger partial charge in [-0.25, -0.2) is 14.4 Å². The quantitative estimate of drug-likeness (QED) is 0.784. The number of benzene rings is 1. The maximum Gasteiger partial charge on any atom is 0.152 e. The van der Waals surface area contributed by atoms with Crippen LogP contribution >= 0.6 is 11.6 Å². The van der Waals surface area contributed by atoms with Gasteiger partial charge in [-0.1, -0.05) is 18.5 Å². The third-order valence-electron chi connectivity index (χ3n) is 5.27. The highest BCUT2D eigenvalue weighted by Gasteiger charge is 2.31. The van der Waals surface area contributed by atoms with E-state index in [0.717, 1.165) is 25.9 Å². The molecule has 0 aliphatic carbocycles. The Balaban J connectivity index is 1.91. The van der Waals surface area contributed by atoms with Crippen LogP contribution in [0.3, 0.4) is 0 Å². The monoisotopic (exact) mass is 409 g/mol. The van der Waals surface area contributed by atoms with E-state index < -0.39 is 5.82 Å². The average molecular weight is 410 g/mol. The maximum absolute atomic E-state index is 14.4. The number of nitrogens with zero attached hydrogens (tertiary/aromatic N) is 3. The van der Waals surface area contributed by atoms with Crippen molar-refractivity contribution in [2.45, 2.75) is 26.4 Å². The Bertz CT molecular complexity index is 842. The topological polar surface area (TPSA) is 67.7 Å². The summed E-state index contributed by atoms with van der Waals surface area (Å²) in [6, 6.07) is 2.73. The summed E-state index contributed by atoms with van der Waals surface area (Å²) < 4.78 is 24.9. The normalized spacial score (nSPS) is 16.3. The molecule has 1 aromatic carbocycles. The molecule has 0 unspecified atom stereocenters. The molecule has 1 aliphatic rings. The number of hydrogen-bond donors (Lipinski definition) is 1. The summed E-state index contributed by atoms with van der Waals surface area (Å²) in [7, 11) is 3.18. The predicted octanol–water partition coefficient (Wildman–Crippen LogP) is 3.69. The summed E-state index contributed by atoms with van der Waals surface area (Å²) in [5.74, 6) is 0.443. The van der Waals surface area contributed by atoms with Crippen LogP contribution in [0.15, 0.2) is 18.3 Å². The molecule has 1 aromatic heterocycles. The second-order valence-corrected chi connectivity index (χ2v) is 7.73. The third kappa shape index (κ3) is 4.06. The molecule has 3 rings (SSSR count). The van der Waals surface area contributed by atoms with Crippen LogP contribution in [0.25, 0.3) is 11.3 Å². The van der Waals surface area contributed by atoms with Gasteiger partial charge in [-0.05, 0) is 30.4 Å². The molecule has 0 amide bonds. The highest BCUT2D eigenvalue weighted by atomic mass is 35.5. The Labute approximate surface area is 169 Å². The number of anilines is 1. The summed E-state index contributed by atoms with van der Waals surface area (Å²) in [4.78, 5) is 11.0. The standard InChI is InChI=1S/C20H25ClFN3O3/c1-20(12-27-2)6-8-25(9-7-20)19-15(11-26)24-14(10-23-19)17-13(22)4-5-16(28-3)18(17)21/h4-5,10,26H,6-9,11-12H2,1-3H3. The minimum atomic E-state index is -0.523. The number of aromatic nitrogens is 2. The summed E-state index contributed by atoms with van der Waals surface area (Å²) in [6.45, 7) is 4.20. The lowest BCUT2D eigenvalue weighted by atomic mass is 9.81. The Morgan fingerprint density at radius 3 is 2.61 bits per heavy atom. The average Bonchev–Trinajstić information content (AvgIpc) is 2.69. The first-order valence-corrected chi connectivity index (χ1v) is 9.53. The van der Waals surface area contributed by atoms with Crippen LogP contribution < -0.4 is 9.64 Å². The third-order valence-corrected chi connectivity index (χ3v) is 5.64. The van der Waals surface area contributed by atoms with E-state index in [1.54, 1.807) is 7.11 Å². The van der Waals surface area contributed by atoms with E-state index in [-0.39, 0.29) is 28.3 Å². The molecule has 1 saturated heterocycles. The van der Waals surface area contributed by atoms with Crippen LogP contribution in [-0.4, -0.2) is 49.0 Å². The molecule has 2 heterocycles. The van der Waals surface area contributed by atoms with E-state index in [4.69, 9.17) is 21.1 Å². The minimum absolute atomic E-state index is 0.112. The van der Waals surface area contributed by atoms with E-state index in [9.17, 15) is 9.50 Å². The molecule has 0 radical (unpaired) electrons. The van der Waals surface area contributed by atoms with Gasteiger partial charge in [-0.15, -0.1) is 0 Å². The lowest BCUT2D eigenvalue weighted by molar-refractivity contribution is 0.0729. The number of piperidine rings is 1. The summed E-state index contributed by atoms with van der Waals surface area (Å²) >= 11 is 6.28. The van der Waals surface area contributed by atoms with Gasteiger partial charge in [0.15, 0.2) is 5.82 Å². The van der Waals surface area contributed by atoms with Gasteiger partial charge in [-0.3, -0.25) is 0 Å². The minimum Gasteiger partial charge on any atom is -0.495 e. The number of halogens is 2. The van der Waals surface area contributed by atoms with Crippen LogP contribution in [0.4, 0.5) is 10.2 Å². The molecule has 1 aliphatic heterocycles. The maximum atomic E-state index is 14.4. The number of hydrogen-bond acceptors (Lipinski definition) is 6. The van der Waals surface area contributed by atoms with Crippen molar-refractivity contribution in [2.75, 3.05) is 38.8 Å². The van der Waals surface area contributed by atoms with E-state index >= 15 is 0 Å². The summed E-state index contributed by atoms with van der Waals surface area (Å²) in [5, 5.41) is 9.97. The van der Waals surface area contributed by atoms with E-state index in [1.165, 1.54) is 25.4 Å². The lowest BCUT2D eigenvalue weighted by Gasteiger charge is -2.39. The van der Waals surface area contributed by atoms with E-state index in [1.807, 2.05) is 0 Å². The van der Waals surface area contributed by atoms with E-state index in [2.05, 4.69) is 21.8 Å². The second-order valence-electron chi connectivity index (χ2n) is 7.35. The van der Waals surface area contributed by atoms with Crippen molar-refractivity contribution in [3.63, 3.8) is 0 Å². The van der Waals surface area contributed by atoms with Crippen LogP contribution in [0.1, 0.15) is 25.5 Å². The molecule has 6 nitrogen and oxygen atoms in total. The van der Waals surface area contributed by atoms with Crippen LogP contribution in [-0.2, 0) is 11.3 Å². The Morgan fingerprint density at radius 2 is 2.00 bits per heavy atom. The van der Waals surface area contributed by atoms with Gasteiger partial charge in [0, 0.05) is 20.2 Å². The first kappa shape index (κ1) is 20.8. The molecule has 152 valence electrons. The highest BCUT2D eigenvalue weighted by molar-refractivity contribution is 6.34. The zero-order valence-corrected chi connectivity index (χ0v) is 17.1. The van der Waals surface area contributed by atoms with Crippen LogP contribution in [0, 0.1) is 11.2 Å². The number of aliphatic hydroxyl groups is 1. The molecule has 28 heavy (non-hydrogen) atoms. The molecule has 0 spiro atoms. The first-order valence-electron chi connectivity index (χ1n) is 9.15. The van der Waals surface area contributed by atoms with Crippen molar-refractivity contribution in [3.05, 3.63) is 34.9 Å². The molecule has 1 fully saturated rings. The second kappa shape index (κ2) is 8.59. The molecule has 1 N–H and O–H groups in total. The Kier molecular flexibility index (Phi) is 6.37.